The number of hydrogen-bond acceptors (Lipinski definition) is 3. The smallest absolute Gasteiger partial charge is 0.422 e. The predicted octanol–water partition coefficient (Wildman–Crippen LogP) is 3.55. The van der Waals surface area contributed by atoms with Crippen molar-refractivity contribution in [2.45, 2.75) is 37.9 Å². The molecule has 0 radical (unpaired) electrons. The van der Waals surface area contributed by atoms with Gasteiger partial charge < -0.3 is 10.1 Å². The Morgan fingerprint density at radius 3 is 2.62 bits per heavy atom. The summed E-state index contributed by atoms with van der Waals surface area (Å²) < 4.78 is 40.7. The molecule has 5 nitrogen and oxygen atoms in total. The number of alkyl halides is 3. The highest BCUT2D eigenvalue weighted by Crippen LogP contribution is 2.21. The van der Waals surface area contributed by atoms with Gasteiger partial charge in [0, 0.05) is 18.1 Å². The Bertz CT molecular complexity index is 623. The fourth-order valence-corrected chi connectivity index (χ4v) is 2.88. The van der Waals surface area contributed by atoms with Gasteiger partial charge in [0.15, 0.2) is 6.61 Å². The molecule has 2 amide bonds. The minimum atomic E-state index is -4.59. The highest BCUT2D eigenvalue weighted by atomic mass is 35.5. The van der Waals surface area contributed by atoms with E-state index in [-0.39, 0.29) is 12.5 Å². The molecule has 1 fully saturated rings. The number of rotatable bonds is 6. The van der Waals surface area contributed by atoms with Crippen LogP contribution in [0.2, 0.25) is 5.02 Å². The molecular weight excluding hydrogens is 373 g/mol. The van der Waals surface area contributed by atoms with Gasteiger partial charge >= 0.3 is 12.3 Å². The molecule has 1 atom stereocenters. The van der Waals surface area contributed by atoms with E-state index in [0.29, 0.717) is 30.8 Å². The molecule has 26 heavy (non-hydrogen) atoms. The van der Waals surface area contributed by atoms with E-state index in [2.05, 4.69) is 10.1 Å². The number of nitrogens with one attached hydrogen (secondary N) is 1. The molecule has 0 saturated carbocycles. The largest absolute Gasteiger partial charge is 0.440 e. The predicted molar refractivity (Wildman–Crippen MR) is 89.9 cm³/mol. The van der Waals surface area contributed by atoms with E-state index in [1.165, 1.54) is 0 Å². The second kappa shape index (κ2) is 9.12. The number of ether oxygens (including phenoxy) is 1. The van der Waals surface area contributed by atoms with Gasteiger partial charge in [-0.15, -0.1) is 0 Å². The van der Waals surface area contributed by atoms with Gasteiger partial charge in [0.1, 0.15) is 6.04 Å². The molecule has 144 valence electrons. The van der Waals surface area contributed by atoms with Crippen molar-refractivity contribution in [2.24, 2.45) is 0 Å². The van der Waals surface area contributed by atoms with Crippen LogP contribution in [0.5, 0.6) is 0 Å². The van der Waals surface area contributed by atoms with Gasteiger partial charge in [-0.25, -0.2) is 4.79 Å². The molecule has 0 bridgehead atoms. The molecule has 2 rings (SSSR count). The number of carbonyl (C=O) groups excluding carboxylic acids is 2. The highest BCUT2D eigenvalue weighted by Gasteiger charge is 2.37. The summed E-state index contributed by atoms with van der Waals surface area (Å²) in [6.07, 6.45) is -3.30. The lowest BCUT2D eigenvalue weighted by Gasteiger charge is -2.23. The first-order valence-corrected chi connectivity index (χ1v) is 8.66. The van der Waals surface area contributed by atoms with Gasteiger partial charge in [0.2, 0.25) is 5.91 Å². The van der Waals surface area contributed by atoms with Crippen LogP contribution in [0.3, 0.4) is 0 Å². The van der Waals surface area contributed by atoms with Crippen LogP contribution in [0, 0.1) is 0 Å². The second-order valence-electron chi connectivity index (χ2n) is 6.04. The van der Waals surface area contributed by atoms with E-state index < -0.39 is 24.9 Å². The summed E-state index contributed by atoms with van der Waals surface area (Å²) in [6, 6.07) is 6.60. The van der Waals surface area contributed by atoms with Crippen LogP contribution in [-0.4, -0.2) is 48.8 Å². The van der Waals surface area contributed by atoms with Crippen molar-refractivity contribution in [2.75, 3.05) is 19.7 Å². The zero-order valence-corrected chi connectivity index (χ0v) is 14.8. The molecule has 1 heterocycles. The molecule has 1 unspecified atom stereocenters. The number of aryl methyl sites for hydroxylation is 1. The van der Waals surface area contributed by atoms with Crippen molar-refractivity contribution in [3.05, 3.63) is 34.9 Å². The fraction of sp³-hybridized carbons (Fsp3) is 0.529. The minimum absolute atomic E-state index is 0.208. The Hall–Kier alpha value is -1.96. The van der Waals surface area contributed by atoms with Crippen LogP contribution in [0.25, 0.3) is 0 Å². The second-order valence-corrected chi connectivity index (χ2v) is 6.48. The SMILES string of the molecule is O=C(NCCCc1ccc(Cl)cc1)C1CCCN1C(=O)OCC(F)(F)F. The zero-order chi connectivity index (χ0) is 19.2. The quantitative estimate of drug-likeness (QED) is 0.753. The van der Waals surface area contributed by atoms with E-state index in [1.807, 2.05) is 12.1 Å². The lowest BCUT2D eigenvalue weighted by Crippen LogP contribution is -2.46. The summed E-state index contributed by atoms with van der Waals surface area (Å²) in [5.74, 6) is -0.373. The summed E-state index contributed by atoms with van der Waals surface area (Å²) in [5.41, 5.74) is 1.09. The van der Waals surface area contributed by atoms with Crippen LogP contribution >= 0.6 is 11.6 Å². The lowest BCUT2D eigenvalue weighted by atomic mass is 10.1. The summed E-state index contributed by atoms with van der Waals surface area (Å²) in [4.78, 5) is 25.0. The highest BCUT2D eigenvalue weighted by molar-refractivity contribution is 6.30. The number of hydrogen-bond donors (Lipinski definition) is 1. The number of halogens is 4. The molecule has 1 aliphatic rings. The Labute approximate surface area is 154 Å². The summed E-state index contributed by atoms with van der Waals surface area (Å²) in [7, 11) is 0. The van der Waals surface area contributed by atoms with E-state index in [9.17, 15) is 22.8 Å². The van der Waals surface area contributed by atoms with Crippen LogP contribution in [0.15, 0.2) is 24.3 Å². The van der Waals surface area contributed by atoms with Crippen LogP contribution in [0.1, 0.15) is 24.8 Å². The molecule has 1 N–H and O–H groups in total. The third-order valence-corrected chi connectivity index (χ3v) is 4.26. The van der Waals surface area contributed by atoms with Gasteiger partial charge in [0.05, 0.1) is 0 Å². The molecule has 0 spiro atoms. The summed E-state index contributed by atoms with van der Waals surface area (Å²) >= 11 is 5.81. The van der Waals surface area contributed by atoms with Crippen molar-refractivity contribution >= 4 is 23.6 Å². The van der Waals surface area contributed by atoms with Crippen molar-refractivity contribution in [1.82, 2.24) is 10.2 Å². The van der Waals surface area contributed by atoms with E-state index in [0.717, 1.165) is 16.9 Å². The Balaban J connectivity index is 1.74. The maximum absolute atomic E-state index is 12.2. The average molecular weight is 393 g/mol. The van der Waals surface area contributed by atoms with Gasteiger partial charge in [-0.2, -0.15) is 13.2 Å². The lowest BCUT2D eigenvalue weighted by molar-refractivity contribution is -0.162. The number of likely N-dealkylation sites (tertiary alicyclic amines) is 1. The molecule has 9 heteroatoms. The van der Waals surface area contributed by atoms with Crippen LogP contribution in [0.4, 0.5) is 18.0 Å². The number of amides is 2. The first kappa shape index (κ1) is 20.4. The number of carbonyl (C=O) groups is 2. The van der Waals surface area contributed by atoms with E-state index in [1.54, 1.807) is 12.1 Å². The van der Waals surface area contributed by atoms with Gasteiger partial charge in [0.25, 0.3) is 0 Å². The first-order chi connectivity index (χ1) is 12.3. The van der Waals surface area contributed by atoms with Crippen molar-refractivity contribution in [1.29, 1.82) is 0 Å². The van der Waals surface area contributed by atoms with Gasteiger partial charge in [-0.1, -0.05) is 23.7 Å². The molecular formula is C17H20ClF3N2O3. The fourth-order valence-electron chi connectivity index (χ4n) is 2.76. The third-order valence-electron chi connectivity index (χ3n) is 4.00. The maximum atomic E-state index is 12.2. The molecule has 1 aromatic carbocycles. The van der Waals surface area contributed by atoms with Crippen LogP contribution < -0.4 is 5.32 Å². The summed E-state index contributed by atoms with van der Waals surface area (Å²) in [6.45, 7) is -1.04. The molecule has 1 aromatic rings. The number of nitrogens with zero attached hydrogens (tertiary/aromatic N) is 1. The standard InChI is InChI=1S/C17H20ClF3N2O3/c18-13-7-5-12(6-8-13)3-1-9-22-15(24)14-4-2-10-23(14)16(25)26-11-17(19,20)21/h5-8,14H,1-4,9-11H2,(H,22,24). The van der Waals surface area contributed by atoms with Crippen molar-refractivity contribution < 1.29 is 27.5 Å². The molecule has 1 aliphatic heterocycles. The van der Waals surface area contributed by atoms with Crippen LogP contribution in [-0.2, 0) is 16.0 Å². The molecule has 0 aromatic heterocycles. The monoisotopic (exact) mass is 392 g/mol. The normalized spacial score (nSPS) is 17.2. The topological polar surface area (TPSA) is 58.6 Å². The average Bonchev–Trinajstić information content (AvgIpc) is 3.07. The first-order valence-electron chi connectivity index (χ1n) is 8.28. The Morgan fingerprint density at radius 2 is 1.96 bits per heavy atom. The maximum Gasteiger partial charge on any atom is 0.422 e. The van der Waals surface area contributed by atoms with E-state index in [4.69, 9.17) is 11.6 Å². The van der Waals surface area contributed by atoms with Gasteiger partial charge in [-0.3, -0.25) is 9.69 Å². The Morgan fingerprint density at radius 1 is 1.27 bits per heavy atom. The van der Waals surface area contributed by atoms with E-state index >= 15 is 0 Å². The third kappa shape index (κ3) is 6.40. The van der Waals surface area contributed by atoms with Gasteiger partial charge in [-0.05, 0) is 43.4 Å². The molecule has 0 aliphatic carbocycles. The zero-order valence-electron chi connectivity index (χ0n) is 14.0. The molecule has 1 saturated heterocycles. The van der Waals surface area contributed by atoms with Crippen molar-refractivity contribution in [3.63, 3.8) is 0 Å². The number of benzene rings is 1. The Kier molecular flexibility index (Phi) is 7.14. The van der Waals surface area contributed by atoms with Crippen molar-refractivity contribution in [3.8, 4) is 0 Å². The minimum Gasteiger partial charge on any atom is -0.440 e. The summed E-state index contributed by atoms with van der Waals surface area (Å²) in [5, 5.41) is 3.38.